The molecule has 1 atom stereocenters. The van der Waals surface area contributed by atoms with Crippen LogP contribution in [0.1, 0.15) is 6.42 Å². The van der Waals surface area contributed by atoms with E-state index in [1.165, 1.54) is 0 Å². The average Bonchev–Trinajstić information content (AvgIpc) is 2.53. The normalized spacial score (nSPS) is 12.6. The Hall–Kier alpha value is -2.78. The molecule has 0 bridgehead atoms. The summed E-state index contributed by atoms with van der Waals surface area (Å²) in [5.41, 5.74) is -0.616. The van der Waals surface area contributed by atoms with Gasteiger partial charge in [-0.1, -0.05) is 0 Å². The van der Waals surface area contributed by atoms with Crippen LogP contribution in [0.3, 0.4) is 0 Å². The van der Waals surface area contributed by atoms with E-state index in [2.05, 4.69) is 0 Å². The summed E-state index contributed by atoms with van der Waals surface area (Å²) < 4.78 is 91.0. The Balaban J connectivity index is 2.10. The van der Waals surface area contributed by atoms with Gasteiger partial charge in [-0.3, -0.25) is 4.79 Å². The maximum atomic E-state index is 13.1. The smallest absolute Gasteiger partial charge is 0.373 e. The van der Waals surface area contributed by atoms with Gasteiger partial charge in [0.05, 0.1) is 6.42 Å². The molecule has 2 aromatic carbocycles. The van der Waals surface area contributed by atoms with Crippen LogP contribution in [-0.4, -0.2) is 18.1 Å². The number of hydrogen-bond donors (Lipinski definition) is 2. The molecule has 0 saturated carbocycles. The SMILES string of the molecule is O=C(CC(Nc1ccc(F)c(F)c1)C(F)(F)F)Nc1ccc(F)c(F)c1. The number of amides is 1. The van der Waals surface area contributed by atoms with Gasteiger partial charge in [-0.15, -0.1) is 0 Å². The quantitative estimate of drug-likeness (QED) is 0.744. The Kier molecular flexibility index (Phi) is 5.73. The minimum atomic E-state index is -4.89. The van der Waals surface area contributed by atoms with E-state index >= 15 is 0 Å². The molecule has 26 heavy (non-hydrogen) atoms. The van der Waals surface area contributed by atoms with E-state index in [4.69, 9.17) is 0 Å². The van der Waals surface area contributed by atoms with E-state index in [0.29, 0.717) is 24.3 Å². The van der Waals surface area contributed by atoms with Crippen molar-refractivity contribution in [2.45, 2.75) is 18.6 Å². The number of anilines is 2. The van der Waals surface area contributed by atoms with Crippen molar-refractivity contribution in [1.82, 2.24) is 0 Å². The van der Waals surface area contributed by atoms with Gasteiger partial charge in [0.2, 0.25) is 5.91 Å². The van der Waals surface area contributed by atoms with E-state index in [1.54, 1.807) is 0 Å². The predicted molar refractivity (Wildman–Crippen MR) is 79.4 cm³/mol. The summed E-state index contributed by atoms with van der Waals surface area (Å²) in [5, 5.41) is 3.90. The number of hydrogen-bond acceptors (Lipinski definition) is 2. The molecule has 0 aliphatic rings. The topological polar surface area (TPSA) is 41.1 Å². The zero-order valence-electron chi connectivity index (χ0n) is 12.8. The zero-order chi connectivity index (χ0) is 19.5. The second-order valence-corrected chi connectivity index (χ2v) is 5.25. The molecule has 0 saturated heterocycles. The third-order valence-corrected chi connectivity index (χ3v) is 3.25. The van der Waals surface area contributed by atoms with Crippen LogP contribution < -0.4 is 10.6 Å². The fourth-order valence-corrected chi connectivity index (χ4v) is 2.01. The highest BCUT2D eigenvalue weighted by molar-refractivity contribution is 5.91. The van der Waals surface area contributed by atoms with Crippen molar-refractivity contribution in [3.63, 3.8) is 0 Å². The Morgan fingerprint density at radius 3 is 1.85 bits per heavy atom. The van der Waals surface area contributed by atoms with E-state index in [9.17, 15) is 35.5 Å². The molecule has 140 valence electrons. The van der Waals surface area contributed by atoms with Crippen LogP contribution in [0, 0.1) is 23.3 Å². The van der Waals surface area contributed by atoms with Crippen molar-refractivity contribution in [1.29, 1.82) is 0 Å². The molecular weight excluding hydrogens is 369 g/mol. The van der Waals surface area contributed by atoms with Gasteiger partial charge in [0.25, 0.3) is 0 Å². The Labute approximate surface area is 142 Å². The lowest BCUT2D eigenvalue weighted by Crippen LogP contribution is -2.39. The van der Waals surface area contributed by atoms with E-state index in [1.807, 2.05) is 10.6 Å². The van der Waals surface area contributed by atoms with Gasteiger partial charge in [-0.05, 0) is 24.3 Å². The van der Waals surface area contributed by atoms with Crippen molar-refractivity contribution in [3.8, 4) is 0 Å². The summed E-state index contributed by atoms with van der Waals surface area (Å²) in [7, 11) is 0. The third-order valence-electron chi connectivity index (χ3n) is 3.25. The van der Waals surface area contributed by atoms with Gasteiger partial charge < -0.3 is 10.6 Å². The molecule has 2 N–H and O–H groups in total. The van der Waals surface area contributed by atoms with Gasteiger partial charge in [-0.2, -0.15) is 13.2 Å². The minimum absolute atomic E-state index is 0.234. The first-order valence-electron chi connectivity index (χ1n) is 7.09. The van der Waals surface area contributed by atoms with E-state index in [-0.39, 0.29) is 11.4 Å². The van der Waals surface area contributed by atoms with Gasteiger partial charge >= 0.3 is 6.18 Å². The second-order valence-electron chi connectivity index (χ2n) is 5.25. The van der Waals surface area contributed by atoms with E-state index < -0.39 is 47.8 Å². The Bertz CT molecular complexity index is 808. The lowest BCUT2D eigenvalue weighted by Gasteiger charge is -2.22. The summed E-state index contributed by atoms with van der Waals surface area (Å²) in [5.74, 6) is -6.21. The summed E-state index contributed by atoms with van der Waals surface area (Å²) >= 11 is 0. The first-order valence-corrected chi connectivity index (χ1v) is 7.09. The summed E-state index contributed by atoms with van der Waals surface area (Å²) in [4.78, 5) is 11.8. The van der Waals surface area contributed by atoms with Crippen LogP contribution in [-0.2, 0) is 4.79 Å². The minimum Gasteiger partial charge on any atom is -0.373 e. The first-order chi connectivity index (χ1) is 12.1. The highest BCUT2D eigenvalue weighted by Crippen LogP contribution is 2.27. The van der Waals surface area contributed by atoms with Gasteiger partial charge in [0.1, 0.15) is 6.04 Å². The largest absolute Gasteiger partial charge is 0.409 e. The van der Waals surface area contributed by atoms with Gasteiger partial charge in [0, 0.05) is 23.5 Å². The van der Waals surface area contributed by atoms with Crippen LogP contribution >= 0.6 is 0 Å². The summed E-state index contributed by atoms with van der Waals surface area (Å²) in [6.45, 7) is 0. The predicted octanol–water partition coefficient (Wildman–Crippen LogP) is 4.61. The van der Waals surface area contributed by atoms with Gasteiger partial charge in [0.15, 0.2) is 23.3 Å². The van der Waals surface area contributed by atoms with Crippen LogP contribution in [0.5, 0.6) is 0 Å². The van der Waals surface area contributed by atoms with E-state index in [0.717, 1.165) is 12.1 Å². The molecule has 10 heteroatoms. The van der Waals surface area contributed by atoms with Crippen LogP contribution in [0.2, 0.25) is 0 Å². The molecule has 2 rings (SSSR count). The molecule has 0 fully saturated rings. The first kappa shape index (κ1) is 19.5. The van der Waals surface area contributed by atoms with Crippen molar-refractivity contribution in [2.24, 2.45) is 0 Å². The molecular formula is C16H11F7N2O. The second kappa shape index (κ2) is 7.63. The van der Waals surface area contributed by atoms with Crippen LogP contribution in [0.15, 0.2) is 36.4 Å². The number of halogens is 7. The molecule has 0 aromatic heterocycles. The molecule has 0 spiro atoms. The number of carbonyl (C=O) groups is 1. The molecule has 0 aliphatic carbocycles. The van der Waals surface area contributed by atoms with Crippen molar-refractivity contribution in [2.75, 3.05) is 10.6 Å². The maximum absolute atomic E-state index is 13.1. The highest BCUT2D eigenvalue weighted by atomic mass is 19.4. The maximum Gasteiger partial charge on any atom is 0.409 e. The van der Waals surface area contributed by atoms with Crippen LogP contribution in [0.4, 0.5) is 42.1 Å². The lowest BCUT2D eigenvalue weighted by atomic mass is 10.1. The number of carbonyl (C=O) groups excluding carboxylic acids is 1. The molecule has 0 radical (unpaired) electrons. The number of rotatable bonds is 5. The fraction of sp³-hybridized carbons (Fsp3) is 0.188. The third kappa shape index (κ3) is 5.11. The van der Waals surface area contributed by atoms with Crippen LogP contribution in [0.25, 0.3) is 0 Å². The molecule has 2 aromatic rings. The van der Waals surface area contributed by atoms with Gasteiger partial charge in [-0.25, -0.2) is 17.6 Å². The molecule has 0 heterocycles. The number of nitrogens with one attached hydrogen (secondary N) is 2. The average molecular weight is 380 g/mol. The molecule has 1 amide bonds. The van der Waals surface area contributed by atoms with Crippen molar-refractivity contribution >= 4 is 17.3 Å². The summed E-state index contributed by atoms with van der Waals surface area (Å²) in [6.07, 6.45) is -6.03. The lowest BCUT2D eigenvalue weighted by molar-refractivity contribution is -0.148. The van der Waals surface area contributed by atoms with Crippen molar-refractivity contribution < 1.29 is 35.5 Å². The zero-order valence-corrected chi connectivity index (χ0v) is 12.8. The fourth-order valence-electron chi connectivity index (χ4n) is 2.01. The Morgan fingerprint density at radius 1 is 0.846 bits per heavy atom. The standard InChI is InChI=1S/C16H11F7N2O/c17-10-3-1-8(5-12(10)19)24-14(16(21,22)23)7-15(26)25-9-2-4-11(18)13(20)6-9/h1-6,14,24H,7H2,(H,25,26). The Morgan fingerprint density at radius 2 is 1.35 bits per heavy atom. The highest BCUT2D eigenvalue weighted by Gasteiger charge is 2.41. The summed E-state index contributed by atoms with van der Waals surface area (Å²) in [6, 6.07) is 1.89. The number of alkyl halides is 3. The molecule has 3 nitrogen and oxygen atoms in total. The number of benzene rings is 2. The molecule has 1 unspecified atom stereocenters. The van der Waals surface area contributed by atoms with Crippen molar-refractivity contribution in [3.05, 3.63) is 59.7 Å². The molecule has 0 aliphatic heterocycles. The monoisotopic (exact) mass is 380 g/mol.